The van der Waals surface area contributed by atoms with Crippen LogP contribution in [-0.4, -0.2) is 15.5 Å². The summed E-state index contributed by atoms with van der Waals surface area (Å²) in [5.74, 6) is 0. The molecule has 2 aromatic rings. The monoisotopic (exact) mass is 330 g/mol. The number of hydrogen-bond acceptors (Lipinski definition) is 5. The van der Waals surface area contributed by atoms with E-state index >= 15 is 0 Å². The Morgan fingerprint density at radius 1 is 1.20 bits per heavy atom. The van der Waals surface area contributed by atoms with Gasteiger partial charge in [0.05, 0.1) is 0 Å². The summed E-state index contributed by atoms with van der Waals surface area (Å²) in [5, 5.41) is 4.89. The maximum atomic E-state index is 12.5. The summed E-state index contributed by atoms with van der Waals surface area (Å²) in [6, 6.07) is 3.95. The lowest BCUT2D eigenvalue weighted by atomic mass is 10.3. The van der Waals surface area contributed by atoms with Crippen LogP contribution in [0.3, 0.4) is 0 Å². The van der Waals surface area contributed by atoms with E-state index in [2.05, 4.69) is 10.0 Å². The lowest BCUT2D eigenvalue weighted by Crippen LogP contribution is -2.24. The van der Waals surface area contributed by atoms with Crippen molar-refractivity contribution < 1.29 is 8.42 Å². The van der Waals surface area contributed by atoms with Gasteiger partial charge in [0.1, 0.15) is 4.90 Å². The first kappa shape index (κ1) is 15.7. The van der Waals surface area contributed by atoms with Crippen molar-refractivity contribution in [3.05, 3.63) is 37.7 Å². The maximum absolute atomic E-state index is 12.5. The highest BCUT2D eigenvalue weighted by Crippen LogP contribution is 2.27. The van der Waals surface area contributed by atoms with E-state index in [1.807, 2.05) is 38.4 Å². The van der Waals surface area contributed by atoms with E-state index in [-0.39, 0.29) is 0 Å². The van der Waals surface area contributed by atoms with Gasteiger partial charge in [-0.15, -0.1) is 22.7 Å². The van der Waals surface area contributed by atoms with E-state index in [0.29, 0.717) is 18.0 Å². The summed E-state index contributed by atoms with van der Waals surface area (Å²) in [4.78, 5) is 3.47. The van der Waals surface area contributed by atoms with Gasteiger partial charge in [0.15, 0.2) is 0 Å². The van der Waals surface area contributed by atoms with Crippen molar-refractivity contribution in [3.8, 4) is 0 Å². The summed E-state index contributed by atoms with van der Waals surface area (Å²) in [6.45, 7) is 4.75. The minimum Gasteiger partial charge on any atom is -0.315 e. The van der Waals surface area contributed by atoms with Gasteiger partial charge in [-0.25, -0.2) is 13.1 Å². The smallest absolute Gasteiger partial charge is 0.242 e. The van der Waals surface area contributed by atoms with Gasteiger partial charge in [-0.3, -0.25) is 0 Å². The van der Waals surface area contributed by atoms with Crippen LogP contribution in [0.4, 0.5) is 0 Å². The highest BCUT2D eigenvalue weighted by molar-refractivity contribution is 7.89. The molecular weight excluding hydrogens is 312 g/mol. The van der Waals surface area contributed by atoms with Crippen LogP contribution < -0.4 is 10.0 Å². The van der Waals surface area contributed by atoms with Gasteiger partial charge < -0.3 is 5.32 Å². The molecule has 0 fully saturated rings. The number of nitrogens with one attached hydrogen (secondary N) is 2. The quantitative estimate of drug-likeness (QED) is 0.856. The SMILES string of the molecule is CNCc1scc(C)c1S(=O)(=O)NCc1ccc(C)s1. The number of rotatable bonds is 6. The van der Waals surface area contributed by atoms with E-state index in [9.17, 15) is 8.42 Å². The Labute approximate surface area is 127 Å². The van der Waals surface area contributed by atoms with Crippen molar-refractivity contribution >= 4 is 32.7 Å². The molecule has 4 nitrogen and oxygen atoms in total. The molecule has 2 N–H and O–H groups in total. The summed E-state index contributed by atoms with van der Waals surface area (Å²) in [7, 11) is -1.65. The molecule has 20 heavy (non-hydrogen) atoms. The first-order valence-electron chi connectivity index (χ1n) is 6.20. The second-order valence-electron chi connectivity index (χ2n) is 4.54. The standard InChI is InChI=1S/C13H18N2O2S3/c1-9-8-18-12(7-14-3)13(9)20(16,17)15-6-11-5-4-10(2)19-11/h4-5,8,14-15H,6-7H2,1-3H3. The van der Waals surface area contributed by atoms with Gasteiger partial charge >= 0.3 is 0 Å². The molecule has 110 valence electrons. The number of thiophene rings is 2. The van der Waals surface area contributed by atoms with Crippen LogP contribution in [0.5, 0.6) is 0 Å². The fourth-order valence-corrected chi connectivity index (χ4v) is 5.70. The predicted molar refractivity (Wildman–Crippen MR) is 84.9 cm³/mol. The van der Waals surface area contributed by atoms with Crippen molar-refractivity contribution in [2.75, 3.05) is 7.05 Å². The van der Waals surface area contributed by atoms with Crippen LogP contribution in [0, 0.1) is 13.8 Å². The van der Waals surface area contributed by atoms with Crippen molar-refractivity contribution in [1.82, 2.24) is 10.0 Å². The van der Waals surface area contributed by atoms with Gasteiger partial charge in [0.2, 0.25) is 10.0 Å². The maximum Gasteiger partial charge on any atom is 0.242 e. The Hall–Kier alpha value is -0.730. The van der Waals surface area contributed by atoms with Crippen LogP contribution in [0.2, 0.25) is 0 Å². The first-order valence-corrected chi connectivity index (χ1v) is 9.38. The largest absolute Gasteiger partial charge is 0.315 e. The summed E-state index contributed by atoms with van der Waals surface area (Å²) < 4.78 is 27.6. The summed E-state index contributed by atoms with van der Waals surface area (Å²) >= 11 is 3.08. The van der Waals surface area contributed by atoms with Crippen LogP contribution in [0.1, 0.15) is 20.2 Å². The van der Waals surface area contributed by atoms with Gasteiger partial charge in [0, 0.05) is 27.7 Å². The molecule has 0 bridgehead atoms. The summed E-state index contributed by atoms with van der Waals surface area (Å²) in [5.41, 5.74) is 0.801. The van der Waals surface area contributed by atoms with Crippen molar-refractivity contribution in [1.29, 1.82) is 0 Å². The Morgan fingerprint density at radius 3 is 2.55 bits per heavy atom. The minimum absolute atomic E-state index is 0.342. The van der Waals surface area contributed by atoms with Crippen molar-refractivity contribution in [2.45, 2.75) is 31.8 Å². The third kappa shape index (κ3) is 3.48. The molecule has 0 saturated heterocycles. The van der Waals surface area contributed by atoms with Gasteiger partial charge in [-0.2, -0.15) is 0 Å². The van der Waals surface area contributed by atoms with E-state index in [0.717, 1.165) is 15.3 Å². The zero-order chi connectivity index (χ0) is 14.8. The van der Waals surface area contributed by atoms with E-state index in [1.165, 1.54) is 16.2 Å². The molecule has 0 radical (unpaired) electrons. The van der Waals surface area contributed by atoms with E-state index in [4.69, 9.17) is 0 Å². The fourth-order valence-electron chi connectivity index (χ4n) is 1.95. The van der Waals surface area contributed by atoms with E-state index in [1.54, 1.807) is 11.3 Å². The number of sulfonamides is 1. The zero-order valence-electron chi connectivity index (χ0n) is 11.7. The van der Waals surface area contributed by atoms with Crippen LogP contribution in [0.15, 0.2) is 22.4 Å². The molecule has 0 amide bonds. The predicted octanol–water partition coefficient (Wildman–Crippen LogP) is 2.62. The molecule has 0 aliphatic heterocycles. The van der Waals surface area contributed by atoms with Crippen LogP contribution in [-0.2, 0) is 23.1 Å². The van der Waals surface area contributed by atoms with E-state index < -0.39 is 10.0 Å². The fraction of sp³-hybridized carbons (Fsp3) is 0.385. The molecule has 0 aliphatic rings. The average Bonchev–Trinajstić information content (AvgIpc) is 2.95. The van der Waals surface area contributed by atoms with Gasteiger partial charge in [0.25, 0.3) is 0 Å². The van der Waals surface area contributed by atoms with Gasteiger partial charge in [-0.05, 0) is 44.0 Å². The Balaban J connectivity index is 2.20. The highest BCUT2D eigenvalue weighted by atomic mass is 32.2. The normalized spacial score (nSPS) is 11.9. The molecule has 7 heteroatoms. The molecule has 0 unspecified atom stereocenters. The Bertz CT molecular complexity index is 686. The molecular formula is C13H18N2O2S3. The second kappa shape index (κ2) is 6.36. The topological polar surface area (TPSA) is 58.2 Å². The second-order valence-corrected chi connectivity index (χ2v) is 8.58. The zero-order valence-corrected chi connectivity index (χ0v) is 14.1. The molecule has 0 aliphatic carbocycles. The minimum atomic E-state index is -3.46. The average molecular weight is 330 g/mol. The third-order valence-electron chi connectivity index (χ3n) is 2.83. The Morgan fingerprint density at radius 2 is 1.95 bits per heavy atom. The van der Waals surface area contributed by atoms with Crippen molar-refractivity contribution in [2.24, 2.45) is 0 Å². The third-order valence-corrected chi connectivity index (χ3v) is 6.69. The van der Waals surface area contributed by atoms with Crippen LogP contribution in [0.25, 0.3) is 0 Å². The number of aryl methyl sites for hydroxylation is 2. The number of hydrogen-bond donors (Lipinski definition) is 2. The van der Waals surface area contributed by atoms with Gasteiger partial charge in [-0.1, -0.05) is 0 Å². The molecule has 2 rings (SSSR count). The van der Waals surface area contributed by atoms with Crippen molar-refractivity contribution in [3.63, 3.8) is 0 Å². The summed E-state index contributed by atoms with van der Waals surface area (Å²) in [6.07, 6.45) is 0. The highest BCUT2D eigenvalue weighted by Gasteiger charge is 2.22. The molecule has 2 heterocycles. The molecule has 2 aromatic heterocycles. The first-order chi connectivity index (χ1) is 9.44. The molecule has 0 atom stereocenters. The lowest BCUT2D eigenvalue weighted by Gasteiger charge is -2.08. The molecule has 0 spiro atoms. The molecule has 0 aromatic carbocycles. The van der Waals surface area contributed by atoms with Crippen LogP contribution >= 0.6 is 22.7 Å². The Kier molecular flexibility index (Phi) is 4.98. The molecule has 0 saturated carbocycles. The lowest BCUT2D eigenvalue weighted by molar-refractivity contribution is 0.580.